The maximum absolute atomic E-state index is 12.8. The zero-order valence-electron chi connectivity index (χ0n) is 13.2. The second-order valence-electron chi connectivity index (χ2n) is 6.05. The number of nitrogens with zero attached hydrogens (tertiary/aromatic N) is 1. The van der Waals surface area contributed by atoms with Gasteiger partial charge in [-0.05, 0) is 39.3 Å². The van der Waals surface area contributed by atoms with E-state index < -0.39 is 5.54 Å². The molecule has 2 heterocycles. The molecule has 0 bridgehead atoms. The number of amides is 2. The Labute approximate surface area is 130 Å². The number of thiophene rings is 1. The zero-order chi connectivity index (χ0) is 15.6. The van der Waals surface area contributed by atoms with Crippen LogP contribution >= 0.6 is 11.3 Å². The van der Waals surface area contributed by atoms with Crippen molar-refractivity contribution in [2.24, 2.45) is 0 Å². The zero-order valence-corrected chi connectivity index (χ0v) is 14.0. The molecule has 1 aromatic heterocycles. The first-order valence-electron chi connectivity index (χ1n) is 7.53. The van der Waals surface area contributed by atoms with E-state index in [0.29, 0.717) is 19.4 Å². The molecule has 1 fully saturated rings. The molecule has 0 radical (unpaired) electrons. The van der Waals surface area contributed by atoms with E-state index in [1.54, 1.807) is 11.3 Å². The van der Waals surface area contributed by atoms with Crippen LogP contribution in [0, 0.1) is 6.92 Å². The summed E-state index contributed by atoms with van der Waals surface area (Å²) in [5.74, 6) is 0.00555. The molecular formula is C16H24N2O2S. The van der Waals surface area contributed by atoms with E-state index in [4.69, 9.17) is 0 Å². The van der Waals surface area contributed by atoms with Crippen molar-refractivity contribution in [3.8, 4) is 0 Å². The second kappa shape index (κ2) is 6.18. The summed E-state index contributed by atoms with van der Waals surface area (Å²) in [5, 5.41) is 2.88. The first-order valence-corrected chi connectivity index (χ1v) is 8.35. The Balaban J connectivity index is 2.16. The molecule has 2 unspecified atom stereocenters. The molecule has 4 nitrogen and oxygen atoms in total. The Morgan fingerprint density at radius 3 is 2.71 bits per heavy atom. The molecule has 21 heavy (non-hydrogen) atoms. The minimum atomic E-state index is -0.771. The van der Waals surface area contributed by atoms with Crippen LogP contribution in [0.5, 0.6) is 0 Å². The number of hydrogen-bond donors (Lipinski definition) is 1. The van der Waals surface area contributed by atoms with Crippen molar-refractivity contribution in [3.63, 3.8) is 0 Å². The molecule has 1 aromatic rings. The number of carbonyl (C=O) groups excluding carboxylic acids is 2. The van der Waals surface area contributed by atoms with Gasteiger partial charge in [-0.25, -0.2) is 0 Å². The summed E-state index contributed by atoms with van der Waals surface area (Å²) >= 11 is 1.77. The number of carbonyl (C=O) groups is 2. The van der Waals surface area contributed by atoms with Crippen LogP contribution in [0.15, 0.2) is 12.1 Å². The van der Waals surface area contributed by atoms with E-state index in [9.17, 15) is 9.59 Å². The predicted molar refractivity (Wildman–Crippen MR) is 85.4 cm³/mol. The summed E-state index contributed by atoms with van der Waals surface area (Å²) in [6.07, 6.45) is 1.84. The van der Waals surface area contributed by atoms with Gasteiger partial charge in [-0.1, -0.05) is 6.92 Å². The van der Waals surface area contributed by atoms with Gasteiger partial charge in [0, 0.05) is 35.2 Å². The van der Waals surface area contributed by atoms with Crippen LogP contribution in [0.4, 0.5) is 0 Å². The number of nitrogens with one attached hydrogen (secondary N) is 1. The minimum Gasteiger partial charge on any atom is -0.342 e. The van der Waals surface area contributed by atoms with E-state index >= 15 is 0 Å². The van der Waals surface area contributed by atoms with Gasteiger partial charge in [0.2, 0.25) is 11.8 Å². The van der Waals surface area contributed by atoms with Gasteiger partial charge < -0.3 is 10.2 Å². The average molecular weight is 308 g/mol. The summed E-state index contributed by atoms with van der Waals surface area (Å²) in [6, 6.07) is 4.34. The highest BCUT2D eigenvalue weighted by Crippen LogP contribution is 2.23. The fraction of sp³-hybridized carbons (Fsp3) is 0.625. The molecule has 0 aromatic carbocycles. The first-order chi connectivity index (χ1) is 9.85. The summed E-state index contributed by atoms with van der Waals surface area (Å²) < 4.78 is 0. The Hall–Kier alpha value is -1.36. The third-order valence-corrected chi connectivity index (χ3v) is 5.28. The highest BCUT2D eigenvalue weighted by molar-refractivity contribution is 7.11. The van der Waals surface area contributed by atoms with Crippen molar-refractivity contribution in [1.29, 1.82) is 0 Å². The third kappa shape index (κ3) is 3.46. The summed E-state index contributed by atoms with van der Waals surface area (Å²) in [7, 11) is 0. The average Bonchev–Trinajstić information content (AvgIpc) is 2.78. The van der Waals surface area contributed by atoms with Crippen LogP contribution in [0.3, 0.4) is 0 Å². The van der Waals surface area contributed by atoms with E-state index in [1.807, 2.05) is 18.7 Å². The summed E-state index contributed by atoms with van der Waals surface area (Å²) in [6.45, 7) is 8.43. The Morgan fingerprint density at radius 1 is 1.43 bits per heavy atom. The van der Waals surface area contributed by atoms with Gasteiger partial charge in [0.1, 0.15) is 5.54 Å². The predicted octanol–water partition coefficient (Wildman–Crippen LogP) is 2.50. The van der Waals surface area contributed by atoms with E-state index in [-0.39, 0.29) is 17.9 Å². The van der Waals surface area contributed by atoms with Crippen LogP contribution in [-0.2, 0) is 16.0 Å². The largest absolute Gasteiger partial charge is 0.342 e. The molecule has 0 saturated carbocycles. The van der Waals surface area contributed by atoms with Gasteiger partial charge in [0.15, 0.2) is 0 Å². The molecule has 2 atom stereocenters. The first kappa shape index (κ1) is 16.0. The van der Waals surface area contributed by atoms with Crippen molar-refractivity contribution in [2.75, 3.05) is 6.54 Å². The standard InChI is InChI=1S/C16H24N2O2S/c1-5-16(4)15(20)18(9-8-14(19)17-16)11(2)10-13-7-6-12(3)21-13/h6-7,11H,5,8-10H2,1-4H3,(H,17,19). The molecule has 1 N–H and O–H groups in total. The fourth-order valence-electron chi connectivity index (χ4n) is 2.72. The van der Waals surface area contributed by atoms with Gasteiger partial charge in [-0.15, -0.1) is 11.3 Å². The fourth-order valence-corrected chi connectivity index (χ4v) is 3.73. The topological polar surface area (TPSA) is 49.4 Å². The lowest BCUT2D eigenvalue weighted by Gasteiger charge is -2.34. The molecule has 5 heteroatoms. The molecule has 2 rings (SSSR count). The molecule has 1 aliphatic heterocycles. The maximum Gasteiger partial charge on any atom is 0.248 e. The third-order valence-electron chi connectivity index (χ3n) is 4.26. The molecule has 116 valence electrons. The lowest BCUT2D eigenvalue weighted by atomic mass is 9.96. The number of rotatable bonds is 4. The minimum absolute atomic E-state index is 0.0330. The van der Waals surface area contributed by atoms with E-state index in [1.165, 1.54) is 9.75 Å². The highest BCUT2D eigenvalue weighted by atomic mass is 32.1. The quantitative estimate of drug-likeness (QED) is 0.929. The molecule has 1 aliphatic rings. The van der Waals surface area contributed by atoms with Gasteiger partial charge >= 0.3 is 0 Å². The maximum atomic E-state index is 12.8. The van der Waals surface area contributed by atoms with Crippen molar-refractivity contribution in [3.05, 3.63) is 21.9 Å². The van der Waals surface area contributed by atoms with Crippen LogP contribution in [-0.4, -0.2) is 34.8 Å². The Morgan fingerprint density at radius 2 is 2.14 bits per heavy atom. The highest BCUT2D eigenvalue weighted by Gasteiger charge is 2.40. The van der Waals surface area contributed by atoms with E-state index in [0.717, 1.165) is 6.42 Å². The molecule has 1 saturated heterocycles. The smallest absolute Gasteiger partial charge is 0.248 e. The van der Waals surface area contributed by atoms with Crippen LogP contribution < -0.4 is 5.32 Å². The monoisotopic (exact) mass is 308 g/mol. The van der Waals surface area contributed by atoms with Gasteiger partial charge in [-0.2, -0.15) is 0 Å². The van der Waals surface area contributed by atoms with Crippen molar-refractivity contribution in [1.82, 2.24) is 10.2 Å². The Kier molecular flexibility index (Phi) is 4.71. The molecule has 0 aliphatic carbocycles. The van der Waals surface area contributed by atoms with Crippen LogP contribution in [0.1, 0.15) is 43.4 Å². The van der Waals surface area contributed by atoms with Crippen LogP contribution in [0.2, 0.25) is 0 Å². The van der Waals surface area contributed by atoms with Crippen LogP contribution in [0.25, 0.3) is 0 Å². The van der Waals surface area contributed by atoms with Gasteiger partial charge in [0.25, 0.3) is 0 Å². The lowest BCUT2D eigenvalue weighted by Crippen LogP contribution is -2.56. The van der Waals surface area contributed by atoms with Gasteiger partial charge in [-0.3, -0.25) is 9.59 Å². The number of hydrogen-bond acceptors (Lipinski definition) is 3. The Bertz CT molecular complexity index is 540. The summed E-state index contributed by atoms with van der Waals surface area (Å²) in [5.41, 5.74) is -0.771. The van der Waals surface area contributed by atoms with Crippen molar-refractivity contribution < 1.29 is 9.59 Å². The van der Waals surface area contributed by atoms with E-state index in [2.05, 4.69) is 31.3 Å². The molecule has 2 amide bonds. The SMILES string of the molecule is CCC1(C)NC(=O)CCN(C(C)Cc2ccc(C)s2)C1=O. The number of aryl methyl sites for hydroxylation is 1. The van der Waals surface area contributed by atoms with Crippen molar-refractivity contribution in [2.45, 2.75) is 58.5 Å². The normalized spacial score (nSPS) is 24.7. The van der Waals surface area contributed by atoms with Gasteiger partial charge in [0.05, 0.1) is 0 Å². The molecule has 0 spiro atoms. The lowest BCUT2D eigenvalue weighted by molar-refractivity contribution is -0.140. The van der Waals surface area contributed by atoms with Crippen molar-refractivity contribution >= 4 is 23.2 Å². The summed E-state index contributed by atoms with van der Waals surface area (Å²) in [4.78, 5) is 29.1. The second-order valence-corrected chi connectivity index (χ2v) is 7.42. The molecular weight excluding hydrogens is 284 g/mol.